The van der Waals surface area contributed by atoms with Gasteiger partial charge in [-0.2, -0.15) is 0 Å². The third-order valence-corrected chi connectivity index (χ3v) is 3.64. The molecule has 0 aliphatic carbocycles. The molecule has 1 N–H and O–H groups in total. The molecule has 0 saturated carbocycles. The van der Waals surface area contributed by atoms with E-state index in [1.807, 2.05) is 24.3 Å². The summed E-state index contributed by atoms with van der Waals surface area (Å²) in [4.78, 5) is 24.9. The van der Waals surface area contributed by atoms with E-state index in [0.717, 1.165) is 17.7 Å². The molecule has 1 aromatic carbocycles. The number of nitrogens with zero attached hydrogens (tertiary/aromatic N) is 1. The molecule has 1 saturated heterocycles. The Morgan fingerprint density at radius 2 is 2.05 bits per heavy atom. The minimum Gasteiger partial charge on any atom is -0.497 e. The first-order valence-corrected chi connectivity index (χ1v) is 6.73. The summed E-state index contributed by atoms with van der Waals surface area (Å²) in [6.07, 6.45) is 1.71. The molecule has 1 atom stereocenters. The number of ether oxygens (including phenoxy) is 1. The smallest absolute Gasteiger partial charge is 0.308 e. The van der Waals surface area contributed by atoms with Crippen LogP contribution >= 0.6 is 0 Å². The summed E-state index contributed by atoms with van der Waals surface area (Å²) in [5.41, 5.74) is 0.910. The van der Waals surface area contributed by atoms with Gasteiger partial charge in [-0.3, -0.25) is 9.59 Å². The van der Waals surface area contributed by atoms with Crippen LogP contribution in [0.1, 0.15) is 18.4 Å². The standard InChI is InChI=1S/C15H19NO4/c1-20-13-6-4-11(5-7-13)9-14(17)16-8-2-3-12(10-16)15(18)19/h4-7,12H,2-3,8-10H2,1H3,(H,18,19)/t12-/m0/s1. The van der Waals surface area contributed by atoms with Crippen molar-refractivity contribution in [2.24, 2.45) is 5.92 Å². The van der Waals surface area contributed by atoms with E-state index in [9.17, 15) is 9.59 Å². The van der Waals surface area contributed by atoms with Crippen LogP contribution in [-0.4, -0.2) is 42.1 Å². The molecule has 20 heavy (non-hydrogen) atoms. The zero-order valence-electron chi connectivity index (χ0n) is 11.5. The molecule has 1 aliphatic rings. The normalized spacial score (nSPS) is 18.6. The minimum atomic E-state index is -0.813. The van der Waals surface area contributed by atoms with Crippen LogP contribution in [0, 0.1) is 5.92 Å². The maximum absolute atomic E-state index is 12.2. The van der Waals surface area contributed by atoms with Gasteiger partial charge in [-0.1, -0.05) is 12.1 Å². The number of hydrogen-bond donors (Lipinski definition) is 1. The van der Waals surface area contributed by atoms with Gasteiger partial charge in [-0.15, -0.1) is 0 Å². The van der Waals surface area contributed by atoms with E-state index >= 15 is 0 Å². The van der Waals surface area contributed by atoms with E-state index in [0.29, 0.717) is 25.9 Å². The lowest BCUT2D eigenvalue weighted by Gasteiger charge is -2.30. The van der Waals surface area contributed by atoms with Gasteiger partial charge in [-0.05, 0) is 30.5 Å². The predicted molar refractivity (Wildman–Crippen MR) is 73.6 cm³/mol. The highest BCUT2D eigenvalue weighted by molar-refractivity contribution is 5.80. The van der Waals surface area contributed by atoms with Gasteiger partial charge in [0.05, 0.1) is 19.4 Å². The van der Waals surface area contributed by atoms with Gasteiger partial charge < -0.3 is 14.7 Å². The van der Waals surface area contributed by atoms with Crippen LogP contribution < -0.4 is 4.74 Å². The number of carbonyl (C=O) groups excluding carboxylic acids is 1. The van der Waals surface area contributed by atoms with Crippen molar-refractivity contribution in [3.8, 4) is 5.75 Å². The molecule has 1 amide bonds. The second-order valence-corrected chi connectivity index (χ2v) is 5.04. The van der Waals surface area contributed by atoms with E-state index in [-0.39, 0.29) is 5.91 Å². The van der Waals surface area contributed by atoms with Crippen LogP contribution in [0.15, 0.2) is 24.3 Å². The molecule has 1 aromatic rings. The van der Waals surface area contributed by atoms with Crippen LogP contribution in [0.25, 0.3) is 0 Å². The van der Waals surface area contributed by atoms with Crippen molar-refractivity contribution in [2.45, 2.75) is 19.3 Å². The van der Waals surface area contributed by atoms with E-state index < -0.39 is 11.9 Å². The summed E-state index contributed by atoms with van der Waals surface area (Å²) in [7, 11) is 1.60. The Morgan fingerprint density at radius 3 is 2.65 bits per heavy atom. The van der Waals surface area contributed by atoms with E-state index in [1.165, 1.54) is 0 Å². The molecule has 0 spiro atoms. The number of carbonyl (C=O) groups is 2. The third kappa shape index (κ3) is 3.50. The Kier molecular flexibility index (Phi) is 4.61. The molecule has 0 bridgehead atoms. The maximum Gasteiger partial charge on any atom is 0.308 e. The van der Waals surface area contributed by atoms with Crippen molar-refractivity contribution in [3.05, 3.63) is 29.8 Å². The highest BCUT2D eigenvalue weighted by atomic mass is 16.5. The third-order valence-electron chi connectivity index (χ3n) is 3.64. The predicted octanol–water partition coefficient (Wildman–Crippen LogP) is 1.56. The second-order valence-electron chi connectivity index (χ2n) is 5.04. The first kappa shape index (κ1) is 14.4. The van der Waals surface area contributed by atoms with Crippen molar-refractivity contribution < 1.29 is 19.4 Å². The summed E-state index contributed by atoms with van der Waals surface area (Å²) >= 11 is 0. The fourth-order valence-electron chi connectivity index (χ4n) is 2.44. The fourth-order valence-corrected chi connectivity index (χ4v) is 2.44. The molecule has 1 heterocycles. The van der Waals surface area contributed by atoms with Crippen molar-refractivity contribution in [3.63, 3.8) is 0 Å². The van der Waals surface area contributed by atoms with Gasteiger partial charge in [0.15, 0.2) is 0 Å². The molecule has 2 rings (SSSR count). The van der Waals surface area contributed by atoms with E-state index in [2.05, 4.69) is 0 Å². The van der Waals surface area contributed by atoms with Crippen LogP contribution in [0.2, 0.25) is 0 Å². The van der Waals surface area contributed by atoms with Gasteiger partial charge >= 0.3 is 5.97 Å². The lowest BCUT2D eigenvalue weighted by atomic mass is 9.97. The van der Waals surface area contributed by atoms with Crippen molar-refractivity contribution >= 4 is 11.9 Å². The number of aliphatic carboxylic acids is 1. The molecule has 0 aromatic heterocycles. The first-order valence-electron chi connectivity index (χ1n) is 6.73. The number of benzene rings is 1. The SMILES string of the molecule is COc1ccc(CC(=O)N2CCC[C@H](C(=O)O)C2)cc1. The fraction of sp³-hybridized carbons (Fsp3) is 0.467. The largest absolute Gasteiger partial charge is 0.497 e. The number of carboxylic acids is 1. The lowest BCUT2D eigenvalue weighted by Crippen LogP contribution is -2.42. The van der Waals surface area contributed by atoms with Crippen LogP contribution in [0.3, 0.4) is 0 Å². The molecule has 0 unspecified atom stereocenters. The molecular weight excluding hydrogens is 258 g/mol. The van der Waals surface area contributed by atoms with Gasteiger partial charge in [-0.25, -0.2) is 0 Å². The number of carboxylic acid groups (broad SMARTS) is 1. The Balaban J connectivity index is 1.95. The summed E-state index contributed by atoms with van der Waals surface area (Å²) in [5, 5.41) is 9.03. The second kappa shape index (κ2) is 6.41. The molecule has 1 fully saturated rings. The number of rotatable bonds is 4. The van der Waals surface area contributed by atoms with Crippen molar-refractivity contribution in [1.82, 2.24) is 4.90 Å². The summed E-state index contributed by atoms with van der Waals surface area (Å²) in [6, 6.07) is 7.35. The molecule has 1 aliphatic heterocycles. The maximum atomic E-state index is 12.2. The minimum absolute atomic E-state index is 0.0129. The topological polar surface area (TPSA) is 66.8 Å². The van der Waals surface area contributed by atoms with Gasteiger partial charge in [0.25, 0.3) is 0 Å². The summed E-state index contributed by atoms with van der Waals surface area (Å²) in [6.45, 7) is 0.975. The molecule has 108 valence electrons. The number of methoxy groups -OCH3 is 1. The van der Waals surface area contributed by atoms with Crippen LogP contribution in [-0.2, 0) is 16.0 Å². The van der Waals surface area contributed by atoms with Crippen LogP contribution in [0.5, 0.6) is 5.75 Å². The average Bonchev–Trinajstić information content (AvgIpc) is 2.48. The summed E-state index contributed by atoms with van der Waals surface area (Å²) < 4.78 is 5.07. The van der Waals surface area contributed by atoms with Crippen molar-refractivity contribution in [2.75, 3.05) is 20.2 Å². The first-order chi connectivity index (χ1) is 9.60. The van der Waals surface area contributed by atoms with E-state index in [1.54, 1.807) is 12.0 Å². The molecular formula is C15H19NO4. The van der Waals surface area contributed by atoms with E-state index in [4.69, 9.17) is 9.84 Å². The monoisotopic (exact) mass is 277 g/mol. The highest BCUT2D eigenvalue weighted by Crippen LogP contribution is 2.18. The zero-order valence-corrected chi connectivity index (χ0v) is 11.5. The molecule has 5 nitrogen and oxygen atoms in total. The molecule has 5 heteroatoms. The number of likely N-dealkylation sites (tertiary alicyclic amines) is 1. The number of amides is 1. The Morgan fingerprint density at radius 1 is 1.35 bits per heavy atom. The number of piperidine rings is 1. The average molecular weight is 277 g/mol. The molecule has 0 radical (unpaired) electrons. The highest BCUT2D eigenvalue weighted by Gasteiger charge is 2.27. The lowest BCUT2D eigenvalue weighted by molar-refractivity contribution is -0.145. The van der Waals surface area contributed by atoms with Gasteiger partial charge in [0.1, 0.15) is 5.75 Å². The quantitative estimate of drug-likeness (QED) is 0.907. The number of hydrogen-bond acceptors (Lipinski definition) is 3. The van der Waals surface area contributed by atoms with Gasteiger partial charge in [0, 0.05) is 13.1 Å². The summed E-state index contributed by atoms with van der Waals surface area (Å²) in [5.74, 6) is -0.498. The Bertz CT molecular complexity index is 483. The Hall–Kier alpha value is -2.04. The zero-order chi connectivity index (χ0) is 14.5. The van der Waals surface area contributed by atoms with Crippen molar-refractivity contribution in [1.29, 1.82) is 0 Å². The van der Waals surface area contributed by atoms with Gasteiger partial charge in [0.2, 0.25) is 5.91 Å². The Labute approximate surface area is 118 Å². The van der Waals surface area contributed by atoms with Crippen LogP contribution in [0.4, 0.5) is 0 Å².